The van der Waals surface area contributed by atoms with Crippen LogP contribution in [0.2, 0.25) is 18.1 Å². The Kier molecular flexibility index (Phi) is 6.65. The molecule has 0 N–H and O–H groups in total. The highest BCUT2D eigenvalue weighted by Crippen LogP contribution is 2.36. The highest BCUT2D eigenvalue weighted by atomic mass is 28.4. The largest absolute Gasteiger partial charge is 0.412 e. The van der Waals surface area contributed by atoms with Crippen molar-refractivity contribution in [3.05, 3.63) is 53.3 Å². The number of rotatable bonds is 6. The van der Waals surface area contributed by atoms with Crippen molar-refractivity contribution in [2.75, 3.05) is 6.61 Å². The molecule has 0 unspecified atom stereocenters. The second-order valence-corrected chi connectivity index (χ2v) is 13.4. The number of hydrogen-bond acceptors (Lipinski definition) is 1. The molecule has 0 atom stereocenters. The minimum atomic E-state index is -1.67. The Morgan fingerprint density at radius 1 is 1.09 bits per heavy atom. The lowest BCUT2D eigenvalue weighted by Gasteiger charge is -2.36. The Balaban J connectivity index is 2.67. The summed E-state index contributed by atoms with van der Waals surface area (Å²) in [5.41, 5.74) is 6.10. The quantitative estimate of drug-likeness (QED) is 0.428. The van der Waals surface area contributed by atoms with Gasteiger partial charge in [0.15, 0.2) is 8.32 Å². The van der Waals surface area contributed by atoms with E-state index in [1.807, 2.05) is 0 Å². The van der Waals surface area contributed by atoms with Crippen molar-refractivity contribution in [1.29, 1.82) is 0 Å². The van der Waals surface area contributed by atoms with Crippen molar-refractivity contribution in [2.24, 2.45) is 0 Å². The Morgan fingerprint density at radius 3 is 2.17 bits per heavy atom. The van der Waals surface area contributed by atoms with Crippen molar-refractivity contribution in [1.82, 2.24) is 0 Å². The summed E-state index contributed by atoms with van der Waals surface area (Å²) < 4.78 is 6.24. The fourth-order valence-electron chi connectivity index (χ4n) is 2.03. The third kappa shape index (κ3) is 6.14. The SMILES string of the molecule is CC(=C=CCC(C)(C)c1ccccc1)CO[Si](C)(C)C(C)(C)C. The van der Waals surface area contributed by atoms with E-state index in [9.17, 15) is 0 Å². The van der Waals surface area contributed by atoms with Gasteiger partial charge >= 0.3 is 0 Å². The smallest absolute Gasteiger partial charge is 0.192 e. The van der Waals surface area contributed by atoms with E-state index in [0.717, 1.165) is 6.42 Å². The van der Waals surface area contributed by atoms with Crippen LogP contribution in [0.25, 0.3) is 0 Å². The molecule has 0 spiro atoms. The Morgan fingerprint density at radius 2 is 1.65 bits per heavy atom. The number of hydrogen-bond donors (Lipinski definition) is 0. The maximum absolute atomic E-state index is 6.24. The summed E-state index contributed by atoms with van der Waals surface area (Å²) in [6, 6.07) is 10.7. The summed E-state index contributed by atoms with van der Waals surface area (Å²) in [5, 5.41) is 0.256. The van der Waals surface area contributed by atoms with E-state index in [4.69, 9.17) is 4.43 Å². The molecule has 0 saturated heterocycles. The molecular weight excluding hydrogens is 296 g/mol. The lowest BCUT2D eigenvalue weighted by atomic mass is 9.81. The van der Waals surface area contributed by atoms with Gasteiger partial charge in [0, 0.05) is 0 Å². The first-order valence-electron chi connectivity index (χ1n) is 8.56. The van der Waals surface area contributed by atoms with Crippen molar-refractivity contribution < 1.29 is 4.43 Å². The van der Waals surface area contributed by atoms with E-state index < -0.39 is 8.32 Å². The Labute approximate surface area is 144 Å². The molecule has 128 valence electrons. The molecule has 0 radical (unpaired) electrons. The molecule has 0 aliphatic heterocycles. The van der Waals surface area contributed by atoms with Crippen LogP contribution in [0.3, 0.4) is 0 Å². The fourth-order valence-corrected chi connectivity index (χ4v) is 3.04. The van der Waals surface area contributed by atoms with Crippen molar-refractivity contribution in [2.45, 2.75) is 71.5 Å². The average Bonchev–Trinajstić information content (AvgIpc) is 2.45. The standard InChI is InChI=1S/C21H34OSi/c1-18(17-22-23(7,8)20(2,3)4)13-12-16-21(5,6)19-14-10-9-11-15-19/h9-12,14-15H,16-17H2,1-8H3. The monoisotopic (exact) mass is 330 g/mol. The van der Waals surface area contributed by atoms with Gasteiger partial charge in [-0.25, -0.2) is 0 Å². The second kappa shape index (κ2) is 7.66. The molecule has 0 bridgehead atoms. The zero-order valence-electron chi connectivity index (χ0n) is 16.3. The first-order valence-corrected chi connectivity index (χ1v) is 11.5. The average molecular weight is 331 g/mol. The third-order valence-electron chi connectivity index (χ3n) is 4.97. The molecule has 0 heterocycles. The molecule has 0 aliphatic rings. The maximum Gasteiger partial charge on any atom is 0.192 e. The molecule has 1 aromatic carbocycles. The van der Waals surface area contributed by atoms with Crippen LogP contribution in [-0.2, 0) is 9.84 Å². The summed E-state index contributed by atoms with van der Waals surface area (Å²) in [4.78, 5) is 0. The summed E-state index contributed by atoms with van der Waals surface area (Å²) in [6.45, 7) is 18.8. The second-order valence-electron chi connectivity index (χ2n) is 8.63. The lowest BCUT2D eigenvalue weighted by molar-refractivity contribution is 0.319. The van der Waals surface area contributed by atoms with E-state index in [-0.39, 0.29) is 10.5 Å². The Bertz CT molecular complexity index is 555. The summed E-state index contributed by atoms with van der Waals surface area (Å²) in [6.07, 6.45) is 3.14. The van der Waals surface area contributed by atoms with Crippen LogP contribution in [-0.4, -0.2) is 14.9 Å². The van der Waals surface area contributed by atoms with Gasteiger partial charge in [0.1, 0.15) is 0 Å². The summed E-state index contributed by atoms with van der Waals surface area (Å²) in [7, 11) is -1.67. The molecule has 0 amide bonds. The molecule has 1 aromatic rings. The summed E-state index contributed by atoms with van der Waals surface area (Å²) in [5.74, 6) is 0. The molecular formula is C21H34OSi. The predicted octanol–water partition coefficient (Wildman–Crippen LogP) is 6.48. The van der Waals surface area contributed by atoms with Crippen LogP contribution in [0.15, 0.2) is 47.7 Å². The molecule has 1 nitrogen and oxygen atoms in total. The molecule has 0 saturated carbocycles. The first kappa shape index (κ1) is 20.0. The first-order chi connectivity index (χ1) is 10.5. The minimum absolute atomic E-state index is 0.134. The van der Waals surface area contributed by atoms with Crippen LogP contribution in [0, 0.1) is 0 Å². The van der Waals surface area contributed by atoms with Gasteiger partial charge in [-0.05, 0) is 54.1 Å². The molecule has 0 aliphatic carbocycles. The van der Waals surface area contributed by atoms with Crippen molar-refractivity contribution in [3.63, 3.8) is 0 Å². The van der Waals surface area contributed by atoms with Gasteiger partial charge in [-0.15, -0.1) is 5.73 Å². The zero-order valence-corrected chi connectivity index (χ0v) is 17.3. The van der Waals surface area contributed by atoms with Crippen LogP contribution in [0.4, 0.5) is 0 Å². The lowest BCUT2D eigenvalue weighted by Crippen LogP contribution is -2.41. The van der Waals surface area contributed by atoms with Gasteiger partial charge in [-0.1, -0.05) is 65.0 Å². The van der Waals surface area contributed by atoms with Crippen molar-refractivity contribution in [3.8, 4) is 0 Å². The van der Waals surface area contributed by atoms with Crippen molar-refractivity contribution >= 4 is 8.32 Å². The van der Waals surface area contributed by atoms with Gasteiger partial charge in [-0.2, -0.15) is 0 Å². The molecule has 0 fully saturated rings. The molecule has 2 heteroatoms. The molecule has 0 aromatic heterocycles. The van der Waals surface area contributed by atoms with Crippen LogP contribution >= 0.6 is 0 Å². The van der Waals surface area contributed by atoms with E-state index in [0.29, 0.717) is 6.61 Å². The van der Waals surface area contributed by atoms with Gasteiger partial charge < -0.3 is 4.43 Å². The molecule has 1 rings (SSSR count). The van der Waals surface area contributed by atoms with E-state index in [1.165, 1.54) is 11.1 Å². The predicted molar refractivity (Wildman–Crippen MR) is 105 cm³/mol. The number of benzene rings is 1. The van der Waals surface area contributed by atoms with Gasteiger partial charge in [0.2, 0.25) is 0 Å². The topological polar surface area (TPSA) is 9.23 Å². The van der Waals surface area contributed by atoms with Gasteiger partial charge in [0.25, 0.3) is 0 Å². The maximum atomic E-state index is 6.24. The summed E-state index contributed by atoms with van der Waals surface area (Å²) >= 11 is 0. The van der Waals surface area contributed by atoms with E-state index >= 15 is 0 Å². The Hall–Kier alpha value is -1.08. The van der Waals surface area contributed by atoms with E-state index in [1.54, 1.807) is 0 Å². The van der Waals surface area contributed by atoms with Crippen LogP contribution in [0.1, 0.15) is 53.5 Å². The third-order valence-corrected chi connectivity index (χ3v) is 9.45. The fraction of sp³-hybridized carbons (Fsp3) is 0.571. The zero-order chi connectivity index (χ0) is 17.7. The van der Waals surface area contributed by atoms with Gasteiger partial charge in [0.05, 0.1) is 6.61 Å². The highest BCUT2D eigenvalue weighted by molar-refractivity contribution is 6.74. The van der Waals surface area contributed by atoms with Crippen LogP contribution < -0.4 is 0 Å². The highest BCUT2D eigenvalue weighted by Gasteiger charge is 2.36. The minimum Gasteiger partial charge on any atom is -0.412 e. The van der Waals surface area contributed by atoms with E-state index in [2.05, 4.69) is 96.8 Å². The molecule has 23 heavy (non-hydrogen) atoms. The van der Waals surface area contributed by atoms with Gasteiger partial charge in [-0.3, -0.25) is 0 Å². The normalized spacial score (nSPS) is 12.7. The van der Waals surface area contributed by atoms with Crippen LogP contribution in [0.5, 0.6) is 0 Å².